The normalized spacial score (nSPS) is 21.7. The zero-order chi connectivity index (χ0) is 19.4. The highest BCUT2D eigenvalue weighted by Gasteiger charge is 2.34. The summed E-state index contributed by atoms with van der Waals surface area (Å²) in [6, 6.07) is 4.25. The molecule has 3 fully saturated rings. The van der Waals surface area contributed by atoms with Gasteiger partial charge in [0.05, 0.1) is 17.9 Å². The third kappa shape index (κ3) is 3.35. The first kappa shape index (κ1) is 17.3. The largest absolute Gasteiger partial charge is 0.359 e. The van der Waals surface area contributed by atoms with Crippen molar-refractivity contribution in [3.63, 3.8) is 0 Å². The average molecular weight is 412 g/mol. The van der Waals surface area contributed by atoms with Crippen molar-refractivity contribution in [3.8, 4) is 0 Å². The van der Waals surface area contributed by atoms with E-state index in [2.05, 4.69) is 36.6 Å². The topological polar surface area (TPSA) is 95.8 Å². The second-order valence-corrected chi connectivity index (χ2v) is 8.66. The van der Waals surface area contributed by atoms with Gasteiger partial charge in [-0.1, -0.05) is 16.8 Å². The van der Waals surface area contributed by atoms with E-state index in [-0.39, 0.29) is 6.04 Å². The van der Waals surface area contributed by atoms with Crippen LogP contribution in [0.3, 0.4) is 0 Å². The van der Waals surface area contributed by atoms with Crippen LogP contribution in [0.1, 0.15) is 73.6 Å². The minimum Gasteiger partial charge on any atom is -0.359 e. The Morgan fingerprint density at radius 2 is 2.00 bits per heavy atom. The second kappa shape index (κ2) is 6.73. The SMILES string of the molecule is Clc1cnc(N2CCCC2c2cc(C3CC3)no2)nc1Nc1cc(C2CC2)[nH]n1. The van der Waals surface area contributed by atoms with Crippen LogP contribution in [-0.4, -0.2) is 31.9 Å². The molecule has 1 saturated heterocycles. The molecule has 150 valence electrons. The molecule has 0 spiro atoms. The molecule has 1 atom stereocenters. The van der Waals surface area contributed by atoms with Gasteiger partial charge in [-0.3, -0.25) is 5.10 Å². The molecule has 0 radical (unpaired) electrons. The van der Waals surface area contributed by atoms with Gasteiger partial charge in [0.1, 0.15) is 5.02 Å². The van der Waals surface area contributed by atoms with Crippen LogP contribution in [0.4, 0.5) is 17.6 Å². The number of aromatic nitrogens is 5. The third-order valence-corrected chi connectivity index (χ3v) is 6.25. The van der Waals surface area contributed by atoms with E-state index in [1.54, 1.807) is 6.20 Å². The highest BCUT2D eigenvalue weighted by molar-refractivity contribution is 6.32. The molecule has 0 bridgehead atoms. The fourth-order valence-electron chi connectivity index (χ4n) is 4.04. The van der Waals surface area contributed by atoms with E-state index in [0.717, 1.165) is 42.4 Å². The predicted molar refractivity (Wildman–Crippen MR) is 109 cm³/mol. The number of halogens is 1. The van der Waals surface area contributed by atoms with E-state index in [1.165, 1.54) is 25.7 Å². The van der Waals surface area contributed by atoms with Gasteiger partial charge < -0.3 is 14.7 Å². The number of anilines is 3. The molecule has 3 aromatic heterocycles. The lowest BCUT2D eigenvalue weighted by atomic mass is 10.1. The Kier molecular flexibility index (Phi) is 4.00. The second-order valence-electron chi connectivity index (χ2n) is 8.25. The summed E-state index contributed by atoms with van der Waals surface area (Å²) in [4.78, 5) is 11.4. The van der Waals surface area contributed by atoms with Gasteiger partial charge >= 0.3 is 0 Å². The summed E-state index contributed by atoms with van der Waals surface area (Å²) >= 11 is 6.36. The standard InChI is InChI=1S/C20H22ClN7O/c21-13-10-22-20(24-19(13)23-18-9-14(25-26-18)11-3-4-11)28-7-1-2-16(28)17-8-15(27-29-17)12-5-6-12/h8-12,16H,1-7H2,(H2,22,23,24,25,26). The summed E-state index contributed by atoms with van der Waals surface area (Å²) in [6.45, 7) is 0.874. The zero-order valence-corrected chi connectivity index (χ0v) is 16.7. The van der Waals surface area contributed by atoms with E-state index in [1.807, 2.05) is 6.07 Å². The molecule has 29 heavy (non-hydrogen) atoms. The van der Waals surface area contributed by atoms with Gasteiger partial charge in [-0.2, -0.15) is 10.1 Å². The summed E-state index contributed by atoms with van der Waals surface area (Å²) in [7, 11) is 0. The monoisotopic (exact) mass is 411 g/mol. The smallest absolute Gasteiger partial charge is 0.228 e. The molecule has 2 saturated carbocycles. The molecule has 2 N–H and O–H groups in total. The van der Waals surface area contributed by atoms with Crippen LogP contribution in [0.15, 0.2) is 22.9 Å². The first-order chi connectivity index (χ1) is 14.2. The first-order valence-electron chi connectivity index (χ1n) is 10.3. The van der Waals surface area contributed by atoms with Crippen molar-refractivity contribution in [2.45, 2.75) is 56.4 Å². The van der Waals surface area contributed by atoms with Crippen molar-refractivity contribution in [1.29, 1.82) is 0 Å². The maximum atomic E-state index is 6.36. The first-order valence-corrected chi connectivity index (χ1v) is 10.7. The Labute approximate surface area is 173 Å². The number of aromatic amines is 1. The molecule has 4 heterocycles. The highest BCUT2D eigenvalue weighted by Crippen LogP contribution is 2.42. The Balaban J connectivity index is 1.25. The molecule has 8 nitrogen and oxygen atoms in total. The molecular formula is C20H22ClN7O. The van der Waals surface area contributed by atoms with Gasteiger partial charge in [-0.05, 0) is 38.5 Å². The van der Waals surface area contributed by atoms with E-state index < -0.39 is 0 Å². The summed E-state index contributed by atoms with van der Waals surface area (Å²) < 4.78 is 5.68. The average Bonchev–Trinajstić information content (AvgIpc) is 3.60. The van der Waals surface area contributed by atoms with Crippen LogP contribution in [0, 0.1) is 0 Å². The number of rotatable bonds is 6. The molecule has 0 amide bonds. The number of hydrogen-bond acceptors (Lipinski definition) is 7. The Bertz CT molecular complexity index is 1040. The maximum absolute atomic E-state index is 6.36. The van der Waals surface area contributed by atoms with Crippen molar-refractivity contribution in [3.05, 3.63) is 40.5 Å². The molecule has 0 aromatic carbocycles. The quantitative estimate of drug-likeness (QED) is 0.607. The van der Waals surface area contributed by atoms with Crippen LogP contribution < -0.4 is 10.2 Å². The maximum Gasteiger partial charge on any atom is 0.228 e. The molecule has 2 aliphatic carbocycles. The predicted octanol–water partition coefficient (Wildman–Crippen LogP) is 4.68. The minimum atomic E-state index is 0.107. The van der Waals surface area contributed by atoms with Crippen LogP contribution in [0.2, 0.25) is 5.02 Å². The van der Waals surface area contributed by atoms with Crippen LogP contribution in [-0.2, 0) is 0 Å². The summed E-state index contributed by atoms with van der Waals surface area (Å²) in [5.74, 6) is 4.02. The van der Waals surface area contributed by atoms with E-state index in [4.69, 9.17) is 21.1 Å². The van der Waals surface area contributed by atoms with Gasteiger partial charge in [-0.15, -0.1) is 0 Å². The van der Waals surface area contributed by atoms with Gasteiger partial charge in [0.15, 0.2) is 17.4 Å². The molecule has 6 rings (SSSR count). The molecule has 3 aliphatic rings. The third-order valence-electron chi connectivity index (χ3n) is 5.97. The van der Waals surface area contributed by atoms with E-state index in [0.29, 0.717) is 28.6 Å². The lowest BCUT2D eigenvalue weighted by Crippen LogP contribution is -2.24. The van der Waals surface area contributed by atoms with Crippen LogP contribution >= 0.6 is 11.6 Å². The number of hydrogen-bond donors (Lipinski definition) is 2. The van der Waals surface area contributed by atoms with E-state index in [9.17, 15) is 0 Å². The van der Waals surface area contributed by atoms with Crippen molar-refractivity contribution in [2.75, 3.05) is 16.8 Å². The van der Waals surface area contributed by atoms with Gasteiger partial charge in [0, 0.05) is 36.2 Å². The van der Waals surface area contributed by atoms with Crippen molar-refractivity contribution >= 4 is 29.2 Å². The molecule has 1 aliphatic heterocycles. The molecule has 3 aromatic rings. The number of H-pyrrole nitrogens is 1. The molecular weight excluding hydrogens is 390 g/mol. The van der Waals surface area contributed by atoms with Gasteiger partial charge in [-0.25, -0.2) is 4.98 Å². The van der Waals surface area contributed by atoms with Crippen molar-refractivity contribution in [1.82, 2.24) is 25.3 Å². The fourth-order valence-corrected chi connectivity index (χ4v) is 4.18. The minimum absolute atomic E-state index is 0.107. The zero-order valence-electron chi connectivity index (χ0n) is 15.9. The Morgan fingerprint density at radius 1 is 1.14 bits per heavy atom. The van der Waals surface area contributed by atoms with Crippen molar-refractivity contribution < 1.29 is 4.52 Å². The van der Waals surface area contributed by atoms with Crippen molar-refractivity contribution in [2.24, 2.45) is 0 Å². The summed E-state index contributed by atoms with van der Waals surface area (Å²) in [6.07, 6.45) is 8.57. The summed E-state index contributed by atoms with van der Waals surface area (Å²) in [5.41, 5.74) is 2.24. The van der Waals surface area contributed by atoms with Crippen LogP contribution in [0.25, 0.3) is 0 Å². The van der Waals surface area contributed by atoms with Crippen LogP contribution in [0.5, 0.6) is 0 Å². The molecule has 9 heteroatoms. The Hall–Kier alpha value is -2.61. The Morgan fingerprint density at radius 3 is 2.83 bits per heavy atom. The lowest BCUT2D eigenvalue weighted by molar-refractivity contribution is 0.356. The lowest BCUT2D eigenvalue weighted by Gasteiger charge is -2.23. The highest BCUT2D eigenvalue weighted by atomic mass is 35.5. The number of nitrogens with one attached hydrogen (secondary N) is 2. The van der Waals surface area contributed by atoms with Gasteiger partial charge in [0.25, 0.3) is 0 Å². The summed E-state index contributed by atoms with van der Waals surface area (Å²) in [5, 5.41) is 15.4. The molecule has 1 unspecified atom stereocenters. The number of nitrogens with zero attached hydrogens (tertiary/aromatic N) is 5. The fraction of sp³-hybridized carbons (Fsp3) is 0.500. The van der Waals surface area contributed by atoms with Gasteiger partial charge in [0.2, 0.25) is 5.95 Å². The van der Waals surface area contributed by atoms with E-state index >= 15 is 0 Å².